The van der Waals surface area contributed by atoms with Crippen molar-refractivity contribution >= 4 is 5.69 Å². The summed E-state index contributed by atoms with van der Waals surface area (Å²) < 4.78 is 30.1. The molecule has 2 aromatic carbocycles. The van der Waals surface area contributed by atoms with Gasteiger partial charge in [-0.1, -0.05) is 24.6 Å². The van der Waals surface area contributed by atoms with Crippen molar-refractivity contribution in [1.82, 2.24) is 10.2 Å². The second-order valence-electron chi connectivity index (χ2n) is 12.1. The highest BCUT2D eigenvalue weighted by Crippen LogP contribution is 2.35. The highest BCUT2D eigenvalue weighted by molar-refractivity contribution is 5.61. The molecule has 2 unspecified atom stereocenters. The van der Waals surface area contributed by atoms with Crippen molar-refractivity contribution in [2.45, 2.75) is 76.3 Å². The van der Waals surface area contributed by atoms with Crippen LogP contribution in [0.15, 0.2) is 42.5 Å². The Bertz CT molecular complexity index is 1090. The second-order valence-corrected chi connectivity index (χ2v) is 12.1. The molecule has 8 nitrogen and oxygen atoms in total. The number of hydrogen-bond acceptors (Lipinski definition) is 8. The van der Waals surface area contributed by atoms with Crippen LogP contribution in [0.1, 0.15) is 56.6 Å². The monoisotopic (exact) mass is 581 g/mol. The normalized spacial score (nSPS) is 26.5. The van der Waals surface area contributed by atoms with Gasteiger partial charge in [0, 0.05) is 57.9 Å². The summed E-state index contributed by atoms with van der Waals surface area (Å²) in [5.41, 5.74) is 3.53. The summed E-state index contributed by atoms with van der Waals surface area (Å²) in [5.74, 6) is 1.94. The van der Waals surface area contributed by atoms with Crippen LogP contribution < -0.4 is 19.7 Å². The van der Waals surface area contributed by atoms with Crippen LogP contribution in [0.3, 0.4) is 0 Å². The van der Waals surface area contributed by atoms with Crippen molar-refractivity contribution < 1.29 is 23.7 Å². The van der Waals surface area contributed by atoms with E-state index in [0.717, 1.165) is 75.1 Å². The van der Waals surface area contributed by atoms with Gasteiger partial charge < -0.3 is 33.9 Å². The van der Waals surface area contributed by atoms with E-state index in [1.165, 1.54) is 24.8 Å². The van der Waals surface area contributed by atoms with Crippen LogP contribution in [0.4, 0.5) is 5.69 Å². The Morgan fingerprint density at radius 3 is 2.40 bits per heavy atom. The Hall–Kier alpha value is -2.36. The summed E-state index contributed by atoms with van der Waals surface area (Å²) in [5, 5.41) is 3.61. The molecule has 5 rings (SSSR count). The van der Waals surface area contributed by atoms with Gasteiger partial charge in [-0.25, -0.2) is 0 Å². The fourth-order valence-corrected chi connectivity index (χ4v) is 6.91. The zero-order valence-corrected chi connectivity index (χ0v) is 26.1. The predicted octanol–water partition coefficient (Wildman–Crippen LogP) is 4.85. The summed E-state index contributed by atoms with van der Waals surface area (Å²) in [6, 6.07) is 16.1. The average Bonchev–Trinajstić information content (AvgIpc) is 3.02. The number of piperidine rings is 2. The largest absolute Gasteiger partial charge is 0.497 e. The van der Waals surface area contributed by atoms with Gasteiger partial charge in [-0.05, 0) is 68.5 Å². The van der Waals surface area contributed by atoms with Gasteiger partial charge in [0.15, 0.2) is 0 Å². The third-order valence-corrected chi connectivity index (χ3v) is 9.27. The van der Waals surface area contributed by atoms with E-state index in [-0.39, 0.29) is 18.1 Å². The lowest BCUT2D eigenvalue weighted by Gasteiger charge is -2.41. The van der Waals surface area contributed by atoms with Crippen molar-refractivity contribution in [2.75, 3.05) is 71.7 Å². The maximum Gasteiger partial charge on any atom is 0.142 e. The number of ether oxygens (including phenoxy) is 5. The molecule has 2 aromatic rings. The first-order chi connectivity index (χ1) is 20.6. The zero-order chi connectivity index (χ0) is 29.3. The third kappa shape index (κ3) is 7.77. The number of hydrogen-bond donors (Lipinski definition) is 1. The molecule has 2 fully saturated rings. The fraction of sp³-hybridized carbons (Fsp3) is 0.647. The maximum atomic E-state index is 6.71. The highest BCUT2D eigenvalue weighted by Gasteiger charge is 2.36. The van der Waals surface area contributed by atoms with E-state index < -0.39 is 0 Å². The number of fused-ring (bicyclic) bond motifs is 1. The molecule has 0 aliphatic carbocycles. The summed E-state index contributed by atoms with van der Waals surface area (Å²) in [6.45, 7) is 11.9. The van der Waals surface area contributed by atoms with Crippen molar-refractivity contribution in [1.29, 1.82) is 0 Å². The van der Waals surface area contributed by atoms with E-state index in [4.69, 9.17) is 23.7 Å². The second kappa shape index (κ2) is 15.4. The lowest BCUT2D eigenvalue weighted by Crippen LogP contribution is -2.51. The molecule has 0 aromatic heterocycles. The number of nitrogens with zero attached hydrogens (tertiary/aromatic N) is 2. The van der Waals surface area contributed by atoms with Crippen LogP contribution in [0.2, 0.25) is 0 Å². The van der Waals surface area contributed by atoms with Gasteiger partial charge in [-0.3, -0.25) is 4.90 Å². The van der Waals surface area contributed by atoms with Gasteiger partial charge in [0.25, 0.3) is 0 Å². The molecule has 2 saturated heterocycles. The van der Waals surface area contributed by atoms with E-state index in [2.05, 4.69) is 59.3 Å². The molecule has 0 saturated carbocycles. The van der Waals surface area contributed by atoms with E-state index in [1.807, 2.05) is 12.1 Å². The molecule has 0 radical (unpaired) electrons. The molecule has 5 atom stereocenters. The van der Waals surface area contributed by atoms with Gasteiger partial charge in [0.05, 0.1) is 44.8 Å². The van der Waals surface area contributed by atoms with E-state index in [0.29, 0.717) is 25.3 Å². The number of likely N-dealkylation sites (tertiary alicyclic amines) is 1. The van der Waals surface area contributed by atoms with Gasteiger partial charge >= 0.3 is 0 Å². The summed E-state index contributed by atoms with van der Waals surface area (Å²) in [4.78, 5) is 5.02. The van der Waals surface area contributed by atoms with Crippen molar-refractivity contribution in [3.05, 3.63) is 53.6 Å². The highest BCUT2D eigenvalue weighted by atomic mass is 16.5. The lowest BCUT2D eigenvalue weighted by molar-refractivity contribution is -0.0669. The minimum absolute atomic E-state index is 0.0185. The first-order valence-electron chi connectivity index (χ1n) is 15.9. The van der Waals surface area contributed by atoms with E-state index in [1.54, 1.807) is 14.2 Å². The number of benzene rings is 2. The Morgan fingerprint density at radius 1 is 0.905 bits per heavy atom. The first kappa shape index (κ1) is 31.1. The molecular formula is C34H51N3O5. The summed E-state index contributed by atoms with van der Waals surface area (Å²) >= 11 is 0. The molecule has 232 valence electrons. The molecule has 8 heteroatoms. The molecule has 1 N–H and O–H groups in total. The fourth-order valence-electron chi connectivity index (χ4n) is 6.91. The summed E-state index contributed by atoms with van der Waals surface area (Å²) in [6.07, 6.45) is 4.88. The molecule has 0 spiro atoms. The van der Waals surface area contributed by atoms with Gasteiger partial charge in [0.2, 0.25) is 0 Å². The van der Waals surface area contributed by atoms with Crippen molar-refractivity contribution in [3.8, 4) is 11.5 Å². The van der Waals surface area contributed by atoms with Crippen LogP contribution in [0.5, 0.6) is 11.5 Å². The maximum absolute atomic E-state index is 6.71. The Morgan fingerprint density at radius 2 is 1.67 bits per heavy atom. The number of nitrogens with one attached hydrogen (secondary N) is 1. The van der Waals surface area contributed by atoms with Crippen LogP contribution in [-0.4, -0.2) is 96.0 Å². The van der Waals surface area contributed by atoms with Crippen molar-refractivity contribution in [3.63, 3.8) is 0 Å². The predicted molar refractivity (Wildman–Crippen MR) is 167 cm³/mol. The smallest absolute Gasteiger partial charge is 0.142 e. The minimum Gasteiger partial charge on any atom is -0.497 e. The summed E-state index contributed by atoms with van der Waals surface area (Å²) in [7, 11) is 3.47. The van der Waals surface area contributed by atoms with Crippen LogP contribution in [0, 0.1) is 0 Å². The molecular weight excluding hydrogens is 530 g/mol. The Balaban J connectivity index is 1.27. The first-order valence-corrected chi connectivity index (χ1v) is 15.9. The molecule has 3 heterocycles. The quantitative estimate of drug-likeness (QED) is 0.337. The van der Waals surface area contributed by atoms with Gasteiger partial charge in [-0.15, -0.1) is 0 Å². The average molecular weight is 582 g/mol. The standard InChI is InChI=1S/C34H51N3O5/c1-25-7-5-8-26(2)37(25)17-20-41-32-22-35-23-33(34(32)28-10-12-29(39-4)13-11-28)42-24-27-9-14-31-30(21-27)36(16-19-40-31)15-6-18-38-3/h9-14,21,25-26,32-35H,5-8,15-20,22-24H2,1-4H3/t25-,26?,32-,33+,34?/m1/s1. The van der Waals surface area contributed by atoms with Gasteiger partial charge in [0.1, 0.15) is 18.1 Å². The molecule has 0 bridgehead atoms. The molecule has 3 aliphatic rings. The third-order valence-electron chi connectivity index (χ3n) is 9.27. The van der Waals surface area contributed by atoms with Gasteiger partial charge in [-0.2, -0.15) is 0 Å². The van der Waals surface area contributed by atoms with Crippen LogP contribution in [0.25, 0.3) is 0 Å². The minimum atomic E-state index is -0.0185. The topological polar surface area (TPSA) is 64.7 Å². The van der Waals surface area contributed by atoms with Crippen LogP contribution >= 0.6 is 0 Å². The van der Waals surface area contributed by atoms with Crippen molar-refractivity contribution in [2.24, 2.45) is 0 Å². The lowest BCUT2D eigenvalue weighted by atomic mass is 9.85. The van der Waals surface area contributed by atoms with E-state index >= 15 is 0 Å². The SMILES string of the molecule is COCCCN1CCOc2ccc(CO[C@H]3CNC[C@@H](OCCN4C(C)CCC[C@H]4C)C3c3ccc(OC)cc3)cc21. The molecule has 0 amide bonds. The van der Waals surface area contributed by atoms with E-state index in [9.17, 15) is 0 Å². The Kier molecular flexibility index (Phi) is 11.4. The Labute approximate surface area is 252 Å². The molecule has 3 aliphatic heterocycles. The molecule has 42 heavy (non-hydrogen) atoms. The zero-order valence-electron chi connectivity index (χ0n) is 26.1. The number of anilines is 1. The number of rotatable bonds is 13. The van der Waals surface area contributed by atoms with Crippen LogP contribution in [-0.2, 0) is 20.8 Å². The number of methoxy groups -OCH3 is 2.